The predicted molar refractivity (Wildman–Crippen MR) is 110 cm³/mol. The van der Waals surface area contributed by atoms with Gasteiger partial charge < -0.3 is 14.1 Å². The maximum Gasteiger partial charge on any atom is 0.263 e. The number of amides is 1. The molecular formula is C23H21N3O3. The fraction of sp³-hybridized carbons (Fsp3) is 0.174. The summed E-state index contributed by atoms with van der Waals surface area (Å²) in [5, 5.41) is 0. The molecule has 4 aromatic rings. The second kappa shape index (κ2) is 8.14. The summed E-state index contributed by atoms with van der Waals surface area (Å²) in [6.07, 6.45) is 2.74. The molecule has 0 aliphatic heterocycles. The molecule has 0 spiro atoms. The van der Waals surface area contributed by atoms with Crippen molar-refractivity contribution in [3.8, 4) is 17.0 Å². The minimum absolute atomic E-state index is 0.120. The smallest absolute Gasteiger partial charge is 0.263 e. The molecule has 1 atom stereocenters. The number of fused-ring (bicyclic) bond motifs is 1. The molecule has 6 heteroatoms. The van der Waals surface area contributed by atoms with Crippen molar-refractivity contribution in [1.29, 1.82) is 0 Å². The average molecular weight is 387 g/mol. The van der Waals surface area contributed by atoms with Crippen LogP contribution in [-0.2, 0) is 11.3 Å². The van der Waals surface area contributed by atoms with E-state index in [1.165, 1.54) is 0 Å². The van der Waals surface area contributed by atoms with Crippen LogP contribution >= 0.6 is 0 Å². The van der Waals surface area contributed by atoms with Crippen LogP contribution < -0.4 is 4.74 Å². The number of rotatable bonds is 6. The molecular weight excluding hydrogens is 366 g/mol. The van der Waals surface area contributed by atoms with Gasteiger partial charge in [0.1, 0.15) is 11.5 Å². The van der Waals surface area contributed by atoms with Gasteiger partial charge >= 0.3 is 0 Å². The highest BCUT2D eigenvalue weighted by Crippen LogP contribution is 2.23. The molecule has 2 heterocycles. The van der Waals surface area contributed by atoms with Crippen LogP contribution in [0.5, 0.6) is 5.75 Å². The van der Waals surface area contributed by atoms with E-state index < -0.39 is 6.10 Å². The molecule has 0 saturated carbocycles. The fourth-order valence-corrected chi connectivity index (χ4v) is 3.08. The molecule has 0 radical (unpaired) electrons. The molecule has 0 aliphatic rings. The summed E-state index contributed by atoms with van der Waals surface area (Å²) in [4.78, 5) is 23.2. The van der Waals surface area contributed by atoms with E-state index in [2.05, 4.69) is 9.97 Å². The predicted octanol–water partition coefficient (Wildman–Crippen LogP) is 4.32. The Kier molecular flexibility index (Phi) is 5.24. The molecule has 29 heavy (non-hydrogen) atoms. The van der Waals surface area contributed by atoms with Crippen molar-refractivity contribution < 1.29 is 13.9 Å². The van der Waals surface area contributed by atoms with Crippen molar-refractivity contribution in [2.75, 3.05) is 7.05 Å². The lowest BCUT2D eigenvalue weighted by Crippen LogP contribution is -2.37. The van der Waals surface area contributed by atoms with Gasteiger partial charge in [0, 0.05) is 12.6 Å². The summed E-state index contributed by atoms with van der Waals surface area (Å²) in [6, 6.07) is 18.9. The molecule has 2 aromatic carbocycles. The van der Waals surface area contributed by atoms with E-state index in [9.17, 15) is 4.79 Å². The number of para-hydroxylation sites is 2. The van der Waals surface area contributed by atoms with E-state index in [4.69, 9.17) is 9.15 Å². The number of ether oxygens (including phenoxy) is 1. The summed E-state index contributed by atoms with van der Waals surface area (Å²) in [7, 11) is 1.73. The number of nitrogens with zero attached hydrogens (tertiary/aromatic N) is 3. The first kappa shape index (κ1) is 18.7. The summed E-state index contributed by atoms with van der Waals surface area (Å²) in [5.41, 5.74) is 3.44. The number of likely N-dealkylation sites (N-methyl/N-ethyl adjacent to an activating group) is 1. The zero-order valence-corrected chi connectivity index (χ0v) is 16.3. The Balaban J connectivity index is 1.42. The number of hydrogen-bond donors (Lipinski definition) is 0. The van der Waals surface area contributed by atoms with E-state index in [-0.39, 0.29) is 5.91 Å². The lowest BCUT2D eigenvalue weighted by molar-refractivity contribution is -0.137. The van der Waals surface area contributed by atoms with E-state index in [0.29, 0.717) is 12.3 Å². The van der Waals surface area contributed by atoms with Crippen LogP contribution in [0.1, 0.15) is 12.7 Å². The van der Waals surface area contributed by atoms with Crippen LogP contribution in [0.4, 0.5) is 0 Å². The molecule has 0 aliphatic carbocycles. The third kappa shape index (κ3) is 4.27. The largest absolute Gasteiger partial charge is 0.481 e. The van der Waals surface area contributed by atoms with Gasteiger partial charge in [-0.15, -0.1) is 0 Å². The van der Waals surface area contributed by atoms with Crippen molar-refractivity contribution in [3.63, 3.8) is 0 Å². The highest BCUT2D eigenvalue weighted by Gasteiger charge is 2.20. The Labute approximate surface area is 168 Å². The minimum atomic E-state index is -0.610. The third-order valence-corrected chi connectivity index (χ3v) is 4.61. The Morgan fingerprint density at radius 2 is 1.83 bits per heavy atom. The molecule has 2 aromatic heterocycles. The molecule has 146 valence electrons. The van der Waals surface area contributed by atoms with Crippen molar-refractivity contribution >= 4 is 16.9 Å². The van der Waals surface area contributed by atoms with Gasteiger partial charge in [-0.2, -0.15) is 0 Å². The standard InChI is InChI=1S/C23H21N3O3/c1-16(23(27)26(2)15-19-6-5-13-28-19)29-18-11-9-17(10-12-18)22-14-24-20-7-3-4-8-21(20)25-22/h3-14,16H,15H2,1-2H3/t16-/m0/s1. The van der Waals surface area contributed by atoms with Gasteiger partial charge in [0.2, 0.25) is 0 Å². The van der Waals surface area contributed by atoms with E-state index in [0.717, 1.165) is 28.1 Å². The Bertz CT molecular complexity index is 1110. The molecule has 0 N–H and O–H groups in total. The first-order chi connectivity index (χ1) is 14.1. The van der Waals surface area contributed by atoms with E-state index in [1.54, 1.807) is 37.4 Å². The molecule has 0 fully saturated rings. The normalized spacial score (nSPS) is 11.9. The second-order valence-electron chi connectivity index (χ2n) is 6.80. The van der Waals surface area contributed by atoms with E-state index >= 15 is 0 Å². The van der Waals surface area contributed by atoms with Gasteiger partial charge in [0.25, 0.3) is 5.91 Å². The van der Waals surface area contributed by atoms with Crippen molar-refractivity contribution in [1.82, 2.24) is 14.9 Å². The maximum atomic E-state index is 12.5. The van der Waals surface area contributed by atoms with Crippen LogP contribution in [0.25, 0.3) is 22.3 Å². The van der Waals surface area contributed by atoms with Gasteiger partial charge in [-0.3, -0.25) is 9.78 Å². The zero-order valence-electron chi connectivity index (χ0n) is 16.3. The number of aromatic nitrogens is 2. The number of carbonyl (C=O) groups is 1. The summed E-state index contributed by atoms with van der Waals surface area (Å²) in [6.45, 7) is 2.14. The first-order valence-corrected chi connectivity index (χ1v) is 9.36. The first-order valence-electron chi connectivity index (χ1n) is 9.36. The lowest BCUT2D eigenvalue weighted by Gasteiger charge is -2.21. The molecule has 6 nitrogen and oxygen atoms in total. The summed E-state index contributed by atoms with van der Waals surface area (Å²) >= 11 is 0. The van der Waals surface area contributed by atoms with Crippen molar-refractivity contribution in [3.05, 3.63) is 78.9 Å². The van der Waals surface area contributed by atoms with Gasteiger partial charge in [0.05, 0.1) is 35.7 Å². The second-order valence-corrected chi connectivity index (χ2v) is 6.80. The van der Waals surface area contributed by atoms with Crippen LogP contribution in [0.2, 0.25) is 0 Å². The Morgan fingerprint density at radius 1 is 1.07 bits per heavy atom. The minimum Gasteiger partial charge on any atom is -0.481 e. The fourth-order valence-electron chi connectivity index (χ4n) is 3.08. The monoisotopic (exact) mass is 387 g/mol. The van der Waals surface area contributed by atoms with E-state index in [1.807, 2.05) is 54.6 Å². The van der Waals surface area contributed by atoms with Crippen LogP contribution in [0, 0.1) is 0 Å². The lowest BCUT2D eigenvalue weighted by atomic mass is 10.1. The SMILES string of the molecule is C[C@H](Oc1ccc(-c2cnc3ccccc3n2)cc1)C(=O)N(C)Cc1ccco1. The van der Waals surface area contributed by atoms with Crippen molar-refractivity contribution in [2.24, 2.45) is 0 Å². The van der Waals surface area contributed by atoms with Crippen LogP contribution in [0.3, 0.4) is 0 Å². The number of furan rings is 1. The third-order valence-electron chi connectivity index (χ3n) is 4.61. The average Bonchev–Trinajstić information content (AvgIpc) is 3.26. The maximum absolute atomic E-state index is 12.5. The highest BCUT2D eigenvalue weighted by molar-refractivity contribution is 5.80. The van der Waals surface area contributed by atoms with Gasteiger partial charge in [-0.25, -0.2) is 4.98 Å². The number of hydrogen-bond acceptors (Lipinski definition) is 5. The quantitative estimate of drug-likeness (QED) is 0.493. The molecule has 0 unspecified atom stereocenters. The Morgan fingerprint density at radius 3 is 2.55 bits per heavy atom. The summed E-state index contributed by atoms with van der Waals surface area (Å²) in [5.74, 6) is 1.23. The number of carbonyl (C=O) groups excluding carboxylic acids is 1. The zero-order chi connectivity index (χ0) is 20.2. The van der Waals surface area contributed by atoms with Gasteiger partial charge in [0.15, 0.2) is 6.10 Å². The van der Waals surface area contributed by atoms with Gasteiger partial charge in [-0.05, 0) is 55.5 Å². The van der Waals surface area contributed by atoms with Crippen molar-refractivity contribution in [2.45, 2.75) is 19.6 Å². The molecule has 1 amide bonds. The van der Waals surface area contributed by atoms with Crippen LogP contribution in [-0.4, -0.2) is 33.9 Å². The summed E-state index contributed by atoms with van der Waals surface area (Å²) < 4.78 is 11.1. The van der Waals surface area contributed by atoms with Crippen LogP contribution in [0.15, 0.2) is 77.5 Å². The molecule has 0 bridgehead atoms. The number of benzene rings is 2. The molecule has 4 rings (SSSR count). The highest BCUT2D eigenvalue weighted by atomic mass is 16.5. The topological polar surface area (TPSA) is 68.5 Å². The molecule has 0 saturated heterocycles. The van der Waals surface area contributed by atoms with Gasteiger partial charge in [-0.1, -0.05) is 12.1 Å². The Hall–Kier alpha value is -3.67.